The van der Waals surface area contributed by atoms with E-state index in [1.165, 1.54) is 0 Å². The van der Waals surface area contributed by atoms with Crippen LogP contribution in [0.2, 0.25) is 0 Å². The number of nitrogens with one attached hydrogen (secondary N) is 2. The van der Waals surface area contributed by atoms with Gasteiger partial charge in [0.2, 0.25) is 5.91 Å². The van der Waals surface area contributed by atoms with Crippen molar-refractivity contribution in [2.24, 2.45) is 11.8 Å². The van der Waals surface area contributed by atoms with Crippen molar-refractivity contribution in [1.29, 1.82) is 0 Å². The third-order valence-electron chi connectivity index (χ3n) is 6.38. The number of aromatic amines is 1. The number of amides is 1. The molecule has 4 rings (SSSR count). The predicted octanol–water partition coefficient (Wildman–Crippen LogP) is 4.92. The van der Waals surface area contributed by atoms with Crippen LogP contribution in [0.4, 0.5) is 13.2 Å². The molecule has 174 valence electrons. The SMILES string of the molecule is CCC(NC(=O)C1CCC(C(F)(F)F)CC1)c1nnc(-c2cccc3ccccc23)[nH]c1=O. The van der Waals surface area contributed by atoms with Crippen LogP contribution in [-0.2, 0) is 4.79 Å². The Morgan fingerprint density at radius 3 is 2.45 bits per heavy atom. The van der Waals surface area contributed by atoms with Crippen LogP contribution in [0.5, 0.6) is 0 Å². The minimum absolute atomic E-state index is 0.0570. The van der Waals surface area contributed by atoms with Gasteiger partial charge in [0.25, 0.3) is 5.56 Å². The van der Waals surface area contributed by atoms with Gasteiger partial charge in [-0.2, -0.15) is 13.2 Å². The Morgan fingerprint density at radius 2 is 1.79 bits per heavy atom. The van der Waals surface area contributed by atoms with E-state index in [1.807, 2.05) is 42.5 Å². The molecule has 1 saturated carbocycles. The van der Waals surface area contributed by atoms with Crippen molar-refractivity contribution in [1.82, 2.24) is 20.5 Å². The lowest BCUT2D eigenvalue weighted by Gasteiger charge is -2.30. The lowest BCUT2D eigenvalue weighted by molar-refractivity contribution is -0.184. The highest BCUT2D eigenvalue weighted by Crippen LogP contribution is 2.39. The molecular weight excluding hydrogens is 433 g/mol. The minimum atomic E-state index is -4.22. The molecule has 1 atom stereocenters. The van der Waals surface area contributed by atoms with Crippen molar-refractivity contribution in [3.8, 4) is 11.4 Å². The summed E-state index contributed by atoms with van der Waals surface area (Å²) in [5, 5.41) is 13.0. The quantitative estimate of drug-likeness (QED) is 0.568. The third-order valence-corrected chi connectivity index (χ3v) is 6.38. The maximum Gasteiger partial charge on any atom is 0.391 e. The Labute approximate surface area is 188 Å². The fourth-order valence-electron chi connectivity index (χ4n) is 4.46. The largest absolute Gasteiger partial charge is 0.391 e. The molecule has 0 bridgehead atoms. The van der Waals surface area contributed by atoms with Crippen molar-refractivity contribution in [3.05, 3.63) is 58.5 Å². The summed E-state index contributed by atoms with van der Waals surface area (Å²) in [4.78, 5) is 28.3. The molecule has 9 heteroatoms. The van der Waals surface area contributed by atoms with Gasteiger partial charge < -0.3 is 10.3 Å². The van der Waals surface area contributed by atoms with Crippen molar-refractivity contribution in [2.45, 2.75) is 51.2 Å². The molecule has 1 aliphatic carbocycles. The Morgan fingerprint density at radius 1 is 1.09 bits per heavy atom. The van der Waals surface area contributed by atoms with Gasteiger partial charge in [-0.25, -0.2) is 0 Å². The second kappa shape index (κ2) is 9.33. The van der Waals surface area contributed by atoms with Crippen molar-refractivity contribution in [2.75, 3.05) is 0 Å². The summed E-state index contributed by atoms with van der Waals surface area (Å²) >= 11 is 0. The van der Waals surface area contributed by atoms with E-state index in [1.54, 1.807) is 6.92 Å². The Kier molecular flexibility index (Phi) is 6.49. The number of halogens is 3. The monoisotopic (exact) mass is 458 g/mol. The zero-order chi connectivity index (χ0) is 23.6. The average Bonchev–Trinajstić information content (AvgIpc) is 2.81. The summed E-state index contributed by atoms with van der Waals surface area (Å²) in [6.07, 6.45) is -3.59. The molecule has 1 fully saturated rings. The number of benzene rings is 2. The molecule has 0 radical (unpaired) electrons. The lowest BCUT2D eigenvalue weighted by atomic mass is 9.81. The molecule has 0 aliphatic heterocycles. The van der Waals surface area contributed by atoms with Crippen LogP contribution in [-0.4, -0.2) is 27.3 Å². The summed E-state index contributed by atoms with van der Waals surface area (Å²) in [6.45, 7) is 1.80. The molecule has 1 unspecified atom stereocenters. The minimum Gasteiger partial charge on any atom is -0.347 e. The normalized spacial score (nSPS) is 19.9. The van der Waals surface area contributed by atoms with Crippen LogP contribution < -0.4 is 10.9 Å². The van der Waals surface area contributed by atoms with E-state index in [4.69, 9.17) is 0 Å². The van der Waals surface area contributed by atoms with Gasteiger partial charge in [0.15, 0.2) is 11.5 Å². The Hall–Kier alpha value is -3.23. The number of aromatic nitrogens is 3. The van der Waals surface area contributed by atoms with E-state index in [0.717, 1.165) is 16.3 Å². The number of carbonyl (C=O) groups is 1. The van der Waals surface area contributed by atoms with Crippen molar-refractivity contribution < 1.29 is 18.0 Å². The number of rotatable bonds is 5. The number of carbonyl (C=O) groups excluding carboxylic acids is 1. The van der Waals surface area contributed by atoms with Crippen LogP contribution in [0, 0.1) is 11.8 Å². The van der Waals surface area contributed by atoms with Crippen LogP contribution in [0.25, 0.3) is 22.2 Å². The van der Waals surface area contributed by atoms with Crippen molar-refractivity contribution >= 4 is 16.7 Å². The van der Waals surface area contributed by atoms with Crippen LogP contribution >= 0.6 is 0 Å². The average molecular weight is 458 g/mol. The number of hydrogen-bond donors (Lipinski definition) is 2. The first-order chi connectivity index (χ1) is 15.8. The molecule has 2 N–H and O–H groups in total. The number of H-pyrrole nitrogens is 1. The molecule has 6 nitrogen and oxygen atoms in total. The molecule has 2 aromatic carbocycles. The van der Waals surface area contributed by atoms with E-state index in [9.17, 15) is 22.8 Å². The van der Waals surface area contributed by atoms with E-state index in [-0.39, 0.29) is 37.3 Å². The van der Waals surface area contributed by atoms with Gasteiger partial charge in [-0.3, -0.25) is 9.59 Å². The molecule has 33 heavy (non-hydrogen) atoms. The highest BCUT2D eigenvalue weighted by molar-refractivity contribution is 5.94. The second-order valence-corrected chi connectivity index (χ2v) is 8.47. The summed E-state index contributed by atoms with van der Waals surface area (Å²) < 4.78 is 38.7. The van der Waals surface area contributed by atoms with Crippen molar-refractivity contribution in [3.63, 3.8) is 0 Å². The topological polar surface area (TPSA) is 87.7 Å². The molecule has 1 aliphatic rings. The maximum absolute atomic E-state index is 12.9. The summed E-state index contributed by atoms with van der Waals surface area (Å²) in [6, 6.07) is 12.7. The molecule has 1 amide bonds. The number of alkyl halides is 3. The van der Waals surface area contributed by atoms with Crippen LogP contribution in [0.15, 0.2) is 47.3 Å². The predicted molar refractivity (Wildman–Crippen MR) is 118 cm³/mol. The van der Waals surface area contributed by atoms with Gasteiger partial charge in [0.05, 0.1) is 12.0 Å². The first kappa shape index (κ1) is 22.9. The number of hydrogen-bond acceptors (Lipinski definition) is 4. The summed E-state index contributed by atoms with van der Waals surface area (Å²) in [5.74, 6) is -1.87. The van der Waals surface area contributed by atoms with E-state index in [0.29, 0.717) is 12.2 Å². The van der Waals surface area contributed by atoms with Gasteiger partial charge in [0.1, 0.15) is 0 Å². The van der Waals surface area contributed by atoms with Gasteiger partial charge in [0, 0.05) is 11.5 Å². The molecular formula is C24H25F3N4O2. The maximum atomic E-state index is 12.9. The summed E-state index contributed by atoms with van der Waals surface area (Å²) in [7, 11) is 0. The number of fused-ring (bicyclic) bond motifs is 1. The third kappa shape index (κ3) is 4.91. The number of nitrogens with zero attached hydrogens (tertiary/aromatic N) is 2. The molecule has 1 heterocycles. The fourth-order valence-corrected chi connectivity index (χ4v) is 4.46. The lowest BCUT2D eigenvalue weighted by Crippen LogP contribution is -2.39. The van der Waals surface area contributed by atoms with E-state index < -0.39 is 29.6 Å². The smallest absolute Gasteiger partial charge is 0.347 e. The van der Waals surface area contributed by atoms with Gasteiger partial charge >= 0.3 is 6.18 Å². The zero-order valence-corrected chi connectivity index (χ0v) is 18.2. The van der Waals surface area contributed by atoms with Gasteiger partial charge in [-0.1, -0.05) is 49.4 Å². The van der Waals surface area contributed by atoms with Gasteiger partial charge in [-0.15, -0.1) is 10.2 Å². The molecule has 0 spiro atoms. The standard InChI is InChI=1S/C24H25F3N4O2/c1-2-19(28-22(32)15-10-12-16(13-11-15)24(25,26)27)20-23(33)29-21(31-30-20)18-9-5-7-14-6-3-4-8-17(14)18/h3-9,15-16,19H,2,10-13H2,1H3,(H,28,32)(H,29,31,33). The molecule has 0 saturated heterocycles. The van der Waals surface area contributed by atoms with E-state index >= 15 is 0 Å². The van der Waals surface area contributed by atoms with Crippen LogP contribution in [0.1, 0.15) is 50.8 Å². The zero-order valence-electron chi connectivity index (χ0n) is 18.2. The molecule has 3 aromatic rings. The fraction of sp³-hybridized carbons (Fsp3) is 0.417. The van der Waals surface area contributed by atoms with E-state index in [2.05, 4.69) is 20.5 Å². The Bertz CT molecular complexity index is 1190. The highest BCUT2D eigenvalue weighted by atomic mass is 19.4. The first-order valence-electron chi connectivity index (χ1n) is 11.1. The molecule has 1 aromatic heterocycles. The van der Waals surface area contributed by atoms with Gasteiger partial charge in [-0.05, 0) is 42.9 Å². The second-order valence-electron chi connectivity index (χ2n) is 8.47. The highest BCUT2D eigenvalue weighted by Gasteiger charge is 2.42. The summed E-state index contributed by atoms with van der Waals surface area (Å²) in [5.41, 5.74) is 0.363. The first-order valence-corrected chi connectivity index (χ1v) is 11.1. The Balaban J connectivity index is 1.50. The van der Waals surface area contributed by atoms with Crippen LogP contribution in [0.3, 0.4) is 0 Å².